The van der Waals surface area contributed by atoms with Crippen LogP contribution in [0, 0.1) is 5.92 Å². The van der Waals surface area contributed by atoms with Crippen molar-refractivity contribution in [3.05, 3.63) is 41.6 Å². The smallest absolute Gasteiger partial charge is 0.359 e. The van der Waals surface area contributed by atoms with Crippen LogP contribution in [0.3, 0.4) is 0 Å². The highest BCUT2D eigenvalue weighted by molar-refractivity contribution is 6.06. The van der Waals surface area contributed by atoms with Gasteiger partial charge in [-0.2, -0.15) is 5.10 Å². The molecule has 0 radical (unpaired) electrons. The monoisotopic (exact) mass is 330 g/mol. The molecule has 0 spiro atoms. The molecule has 0 aliphatic heterocycles. The van der Waals surface area contributed by atoms with Gasteiger partial charge in [-0.1, -0.05) is 44.2 Å². The first-order valence-corrected chi connectivity index (χ1v) is 7.82. The Bertz CT molecular complexity index is 720. The van der Waals surface area contributed by atoms with E-state index in [9.17, 15) is 9.59 Å². The molecular weight excluding hydrogens is 308 g/mol. The predicted octanol–water partition coefficient (Wildman–Crippen LogP) is 3.17. The summed E-state index contributed by atoms with van der Waals surface area (Å²) in [5.74, 6) is -0.804. The summed E-state index contributed by atoms with van der Waals surface area (Å²) in [6, 6.07) is 9.37. The molecule has 1 heterocycles. The minimum Gasteiger partial charge on any atom is -0.465 e. The molecule has 0 aliphatic rings. The maximum atomic E-state index is 12.3. The van der Waals surface area contributed by atoms with Gasteiger partial charge in [-0.15, -0.1) is 0 Å². The molecule has 6 heteroatoms. The first kappa shape index (κ1) is 17.7. The van der Waals surface area contributed by atoms with Gasteiger partial charge in [0.1, 0.15) is 5.56 Å². The zero-order valence-corrected chi connectivity index (χ0v) is 14.4. The van der Waals surface area contributed by atoms with E-state index in [0.29, 0.717) is 18.2 Å². The summed E-state index contributed by atoms with van der Waals surface area (Å²) in [5, 5.41) is 4.34. The molecular formula is C18H22N2O4. The van der Waals surface area contributed by atoms with E-state index in [1.165, 1.54) is 14.2 Å². The number of carbonyl (C=O) groups excluding carboxylic acids is 2. The summed E-state index contributed by atoms with van der Waals surface area (Å²) < 4.78 is 11.3. The van der Waals surface area contributed by atoms with Gasteiger partial charge in [-0.05, 0) is 12.3 Å². The van der Waals surface area contributed by atoms with Crippen molar-refractivity contribution in [1.29, 1.82) is 0 Å². The Balaban J connectivity index is 2.67. The lowest BCUT2D eigenvalue weighted by molar-refractivity contribution is 0.0552. The lowest BCUT2D eigenvalue weighted by Crippen LogP contribution is -2.11. The molecule has 0 aliphatic carbocycles. The highest BCUT2D eigenvalue weighted by atomic mass is 16.5. The normalized spacial score (nSPS) is 10.7. The van der Waals surface area contributed by atoms with Gasteiger partial charge in [0.15, 0.2) is 5.69 Å². The van der Waals surface area contributed by atoms with Crippen LogP contribution in [0.25, 0.3) is 11.3 Å². The van der Waals surface area contributed by atoms with Crippen molar-refractivity contribution in [2.75, 3.05) is 14.2 Å². The number of nitrogens with zero attached hydrogens (tertiary/aromatic N) is 2. The molecule has 0 bridgehead atoms. The quantitative estimate of drug-likeness (QED) is 0.761. The highest BCUT2D eigenvalue weighted by Crippen LogP contribution is 2.28. The first-order valence-electron chi connectivity index (χ1n) is 7.82. The Hall–Kier alpha value is -2.63. The second kappa shape index (κ2) is 7.77. The van der Waals surface area contributed by atoms with E-state index in [1.54, 1.807) is 4.68 Å². The fourth-order valence-corrected chi connectivity index (χ4v) is 2.43. The predicted molar refractivity (Wildman–Crippen MR) is 89.8 cm³/mol. The maximum absolute atomic E-state index is 12.3. The number of rotatable bonds is 6. The van der Waals surface area contributed by atoms with E-state index in [2.05, 4.69) is 18.9 Å². The molecule has 0 unspecified atom stereocenters. The van der Waals surface area contributed by atoms with E-state index in [-0.39, 0.29) is 11.3 Å². The summed E-state index contributed by atoms with van der Waals surface area (Å²) in [5.41, 5.74) is 1.49. The summed E-state index contributed by atoms with van der Waals surface area (Å²) in [6.07, 6.45) is 0.864. The molecule has 128 valence electrons. The molecule has 1 aromatic heterocycles. The third-order valence-electron chi connectivity index (χ3n) is 3.69. The standard InChI is InChI=1S/C18H22N2O4/c1-12(2)10-11-20-16(13-8-6-5-7-9-13)14(17(21)23-3)15(19-20)18(22)24-4/h5-9,12H,10-11H2,1-4H3. The second-order valence-corrected chi connectivity index (χ2v) is 5.83. The van der Waals surface area contributed by atoms with Crippen molar-refractivity contribution in [2.45, 2.75) is 26.8 Å². The number of ether oxygens (including phenoxy) is 2. The van der Waals surface area contributed by atoms with Crippen molar-refractivity contribution < 1.29 is 19.1 Å². The molecule has 0 saturated carbocycles. The number of carbonyl (C=O) groups is 2. The van der Waals surface area contributed by atoms with Gasteiger partial charge in [-0.25, -0.2) is 9.59 Å². The third-order valence-corrected chi connectivity index (χ3v) is 3.69. The van der Waals surface area contributed by atoms with Gasteiger partial charge in [0, 0.05) is 12.1 Å². The van der Waals surface area contributed by atoms with Gasteiger partial charge < -0.3 is 9.47 Å². The second-order valence-electron chi connectivity index (χ2n) is 5.83. The molecule has 1 aromatic carbocycles. The van der Waals surface area contributed by atoms with Crippen molar-refractivity contribution in [3.8, 4) is 11.3 Å². The fourth-order valence-electron chi connectivity index (χ4n) is 2.43. The van der Waals surface area contributed by atoms with E-state index < -0.39 is 11.9 Å². The molecule has 2 aromatic rings. The number of hydrogen-bond acceptors (Lipinski definition) is 5. The van der Waals surface area contributed by atoms with Gasteiger partial charge >= 0.3 is 11.9 Å². The van der Waals surface area contributed by atoms with Crippen LogP contribution in [0.4, 0.5) is 0 Å². The van der Waals surface area contributed by atoms with Crippen LogP contribution in [-0.2, 0) is 16.0 Å². The van der Waals surface area contributed by atoms with Gasteiger partial charge in [0.05, 0.1) is 19.9 Å². The Morgan fingerprint density at radius 2 is 1.71 bits per heavy atom. The van der Waals surface area contributed by atoms with Crippen LogP contribution < -0.4 is 0 Å². The molecule has 0 fully saturated rings. The molecule has 0 atom stereocenters. The van der Waals surface area contributed by atoms with Crippen LogP contribution in [0.15, 0.2) is 30.3 Å². The number of benzene rings is 1. The Morgan fingerprint density at radius 1 is 1.08 bits per heavy atom. The van der Waals surface area contributed by atoms with Crippen LogP contribution in [0.1, 0.15) is 41.1 Å². The fraction of sp³-hybridized carbons (Fsp3) is 0.389. The average molecular weight is 330 g/mol. The SMILES string of the molecule is COC(=O)c1nn(CCC(C)C)c(-c2ccccc2)c1C(=O)OC. The summed E-state index contributed by atoms with van der Waals surface area (Å²) in [4.78, 5) is 24.4. The average Bonchev–Trinajstić information content (AvgIpc) is 2.98. The number of hydrogen-bond donors (Lipinski definition) is 0. The molecule has 0 amide bonds. The summed E-state index contributed by atoms with van der Waals surface area (Å²) in [7, 11) is 2.54. The number of methoxy groups -OCH3 is 2. The van der Waals surface area contributed by atoms with E-state index in [1.807, 2.05) is 30.3 Å². The Morgan fingerprint density at radius 3 is 2.25 bits per heavy atom. The lowest BCUT2D eigenvalue weighted by Gasteiger charge is -2.10. The van der Waals surface area contributed by atoms with Crippen LogP contribution in [0.2, 0.25) is 0 Å². The largest absolute Gasteiger partial charge is 0.465 e. The lowest BCUT2D eigenvalue weighted by atomic mass is 10.0. The van der Waals surface area contributed by atoms with E-state index in [4.69, 9.17) is 9.47 Å². The third kappa shape index (κ3) is 3.64. The Labute approximate surface area is 141 Å². The molecule has 0 saturated heterocycles. The maximum Gasteiger partial charge on any atom is 0.359 e. The van der Waals surface area contributed by atoms with E-state index in [0.717, 1.165) is 12.0 Å². The zero-order chi connectivity index (χ0) is 17.7. The van der Waals surface area contributed by atoms with Gasteiger partial charge in [0.2, 0.25) is 0 Å². The number of aromatic nitrogens is 2. The molecule has 2 rings (SSSR count). The van der Waals surface area contributed by atoms with E-state index >= 15 is 0 Å². The van der Waals surface area contributed by atoms with Gasteiger partial charge in [0.25, 0.3) is 0 Å². The zero-order valence-electron chi connectivity index (χ0n) is 14.4. The van der Waals surface area contributed by atoms with Crippen LogP contribution in [0.5, 0.6) is 0 Å². The number of aryl methyl sites for hydroxylation is 1. The van der Waals surface area contributed by atoms with Crippen LogP contribution in [-0.4, -0.2) is 35.9 Å². The van der Waals surface area contributed by atoms with Crippen molar-refractivity contribution in [1.82, 2.24) is 9.78 Å². The van der Waals surface area contributed by atoms with Gasteiger partial charge in [-0.3, -0.25) is 4.68 Å². The molecule has 0 N–H and O–H groups in total. The number of esters is 2. The van der Waals surface area contributed by atoms with Crippen molar-refractivity contribution in [2.24, 2.45) is 5.92 Å². The molecule has 6 nitrogen and oxygen atoms in total. The summed E-state index contributed by atoms with van der Waals surface area (Å²) >= 11 is 0. The molecule has 24 heavy (non-hydrogen) atoms. The van der Waals surface area contributed by atoms with Crippen molar-refractivity contribution in [3.63, 3.8) is 0 Å². The van der Waals surface area contributed by atoms with Crippen molar-refractivity contribution >= 4 is 11.9 Å². The Kier molecular flexibility index (Phi) is 5.73. The summed E-state index contributed by atoms with van der Waals surface area (Å²) in [6.45, 7) is 4.80. The highest BCUT2D eigenvalue weighted by Gasteiger charge is 2.30. The first-order chi connectivity index (χ1) is 11.5. The van der Waals surface area contributed by atoms with Crippen LogP contribution >= 0.6 is 0 Å². The minimum atomic E-state index is -0.657. The topological polar surface area (TPSA) is 70.4 Å². The minimum absolute atomic E-state index is 0.0213.